The van der Waals surface area contributed by atoms with Crippen LogP contribution in [0.1, 0.15) is 68.2 Å². The quantitative estimate of drug-likeness (QED) is 0.218. The van der Waals surface area contributed by atoms with E-state index >= 15 is 0 Å². The van der Waals surface area contributed by atoms with E-state index in [1.807, 2.05) is 13.8 Å². The van der Waals surface area contributed by atoms with E-state index in [1.54, 1.807) is 19.9 Å². The Bertz CT molecular complexity index is 1620. The highest BCUT2D eigenvalue weighted by molar-refractivity contribution is 5.89. The number of aliphatic hydroxyl groups excluding tert-OH is 1. The number of carbonyl (C=O) groups is 5. The van der Waals surface area contributed by atoms with Crippen LogP contribution in [0.25, 0.3) is 0 Å². The molecule has 0 amide bonds. The van der Waals surface area contributed by atoms with Gasteiger partial charge in [-0.2, -0.15) is 0 Å². The molecule has 2 heterocycles. The molecular weight excluding hydrogens is 628 g/mol. The lowest BCUT2D eigenvalue weighted by Crippen LogP contribution is -2.74. The Morgan fingerprint density at radius 1 is 0.938 bits per heavy atom. The number of rotatable bonds is 3. The van der Waals surface area contributed by atoms with Gasteiger partial charge in [0.15, 0.2) is 11.4 Å². The molecule has 8 aliphatic rings. The van der Waals surface area contributed by atoms with Gasteiger partial charge in [0.2, 0.25) is 0 Å². The molecule has 5 saturated carbocycles. The maximum absolute atomic E-state index is 14.5. The third kappa shape index (κ3) is 3.18. The summed E-state index contributed by atoms with van der Waals surface area (Å²) in [5, 5.41) is 37.2. The normalized spacial score (nSPS) is 57.9. The molecule has 13 heteroatoms. The van der Waals surface area contributed by atoms with Gasteiger partial charge in [0.1, 0.15) is 36.3 Å². The number of epoxide rings is 1. The summed E-state index contributed by atoms with van der Waals surface area (Å²) in [4.78, 5) is 66.3. The first kappa shape index (κ1) is 32.3. The molecule has 2 saturated heterocycles. The molecule has 0 aromatic rings. The van der Waals surface area contributed by atoms with Crippen LogP contribution in [0.15, 0.2) is 11.8 Å². The first-order chi connectivity index (χ1) is 22.2. The maximum atomic E-state index is 14.5. The molecule has 0 aromatic heterocycles. The van der Waals surface area contributed by atoms with Gasteiger partial charge in [0, 0.05) is 61.2 Å². The number of hydrogen-bond donors (Lipinski definition) is 3. The van der Waals surface area contributed by atoms with Crippen LogP contribution in [-0.4, -0.2) is 92.8 Å². The van der Waals surface area contributed by atoms with Crippen molar-refractivity contribution >= 4 is 29.7 Å². The van der Waals surface area contributed by atoms with Crippen LogP contribution < -0.4 is 0 Å². The molecule has 13 nitrogen and oxygen atoms in total. The fourth-order valence-electron chi connectivity index (χ4n) is 13.5. The second kappa shape index (κ2) is 9.07. The zero-order valence-electron chi connectivity index (χ0n) is 28.3. The molecule has 0 radical (unpaired) electrons. The minimum absolute atomic E-state index is 0.132. The van der Waals surface area contributed by atoms with Gasteiger partial charge in [-0.05, 0) is 44.1 Å². The van der Waals surface area contributed by atoms with Crippen LogP contribution in [0, 0.1) is 57.2 Å². The molecule has 2 aliphatic heterocycles. The molecule has 262 valence electrons. The molecule has 2 bridgehead atoms. The SMILES string of the molecule is CC(=O)O[C@H]1C2[C@H]([C@@H]3[C@@]4(O)C[C@@]5([C@H](C)C=C6OC(=O)[C@@](C)(O)[C@]6(C)[C@H]45)[C@@]3(C)[C@H]1OC(C)=O)[C@@H](O)C(=O)[C@H]1C[C@@H]3O[C@@H]3[C@H](OC(C)=O)[C@]21C. The predicted molar refractivity (Wildman–Crippen MR) is 159 cm³/mol. The first-order valence-corrected chi connectivity index (χ1v) is 16.9. The second-order valence-corrected chi connectivity index (χ2v) is 16.8. The van der Waals surface area contributed by atoms with E-state index in [0.29, 0.717) is 0 Å². The van der Waals surface area contributed by atoms with Gasteiger partial charge >= 0.3 is 23.9 Å². The molecule has 7 fully saturated rings. The van der Waals surface area contributed by atoms with E-state index in [4.69, 9.17) is 23.7 Å². The maximum Gasteiger partial charge on any atom is 0.343 e. The van der Waals surface area contributed by atoms with Crippen molar-refractivity contribution in [3.05, 3.63) is 11.8 Å². The molecule has 8 rings (SSSR count). The van der Waals surface area contributed by atoms with Crippen molar-refractivity contribution in [1.29, 1.82) is 0 Å². The van der Waals surface area contributed by atoms with Gasteiger partial charge in [-0.15, -0.1) is 0 Å². The van der Waals surface area contributed by atoms with Gasteiger partial charge in [-0.3, -0.25) is 19.2 Å². The van der Waals surface area contributed by atoms with Gasteiger partial charge in [0.25, 0.3) is 0 Å². The Labute approximate surface area is 277 Å². The summed E-state index contributed by atoms with van der Waals surface area (Å²) >= 11 is 0. The zero-order valence-corrected chi connectivity index (χ0v) is 28.3. The molecular formula is C35H44O13. The van der Waals surface area contributed by atoms with E-state index in [9.17, 15) is 39.3 Å². The average Bonchev–Trinajstić information content (AvgIpc) is 3.63. The van der Waals surface area contributed by atoms with Gasteiger partial charge in [-0.1, -0.05) is 20.8 Å². The van der Waals surface area contributed by atoms with Crippen molar-refractivity contribution in [2.75, 3.05) is 0 Å². The van der Waals surface area contributed by atoms with Crippen molar-refractivity contribution in [3.8, 4) is 0 Å². The third-order valence-electron chi connectivity index (χ3n) is 15.1. The Morgan fingerprint density at radius 3 is 2.15 bits per heavy atom. The molecule has 0 spiro atoms. The summed E-state index contributed by atoms with van der Waals surface area (Å²) in [5.41, 5.74) is -8.76. The van der Waals surface area contributed by atoms with Crippen molar-refractivity contribution in [2.45, 2.75) is 116 Å². The van der Waals surface area contributed by atoms with Gasteiger partial charge in [-0.25, -0.2) is 4.79 Å². The van der Waals surface area contributed by atoms with Gasteiger partial charge in [0.05, 0.1) is 17.1 Å². The number of aliphatic hydroxyl groups is 3. The second-order valence-electron chi connectivity index (χ2n) is 16.8. The molecule has 3 N–H and O–H groups in total. The summed E-state index contributed by atoms with van der Waals surface area (Å²) in [7, 11) is 0. The third-order valence-corrected chi connectivity index (χ3v) is 15.1. The standard InChI is InChI=1S/C35H44O13/c1-12-9-18-31(6,33(8,42)29(41)48-18)28-34(12)11-35(28,43)25-19-20(24(44-13(2)36)27(32(25,34)7)46-15(4)38)30(5)16(21(39)22(19)40)10-17-23(47-17)26(30)45-14(3)37/h9,12,16-17,19-20,22-28,40,42-43H,10-11H2,1-8H3/t12-,16-,17+,19+,20?,22-,23+,24+,25+,26+,27+,28+,30+,31+,32-,33-,34+,35+/m1/s1. The Hall–Kier alpha value is -2.87. The number of esters is 4. The molecule has 48 heavy (non-hydrogen) atoms. The van der Waals surface area contributed by atoms with Gasteiger partial charge < -0.3 is 39.0 Å². The predicted octanol–water partition coefficient (Wildman–Crippen LogP) is 0.986. The lowest BCUT2D eigenvalue weighted by atomic mass is 9.37. The van der Waals surface area contributed by atoms with Crippen LogP contribution in [0.3, 0.4) is 0 Å². The lowest BCUT2D eigenvalue weighted by molar-refractivity contribution is -0.273. The van der Waals surface area contributed by atoms with Crippen LogP contribution in [-0.2, 0) is 47.7 Å². The number of ether oxygens (including phenoxy) is 5. The molecule has 6 aliphatic carbocycles. The number of hydrogen-bond acceptors (Lipinski definition) is 13. The number of carbonyl (C=O) groups excluding carboxylic acids is 5. The largest absolute Gasteiger partial charge is 0.459 e. The summed E-state index contributed by atoms with van der Waals surface area (Å²) in [6.45, 7) is 12.3. The minimum atomic E-state index is -2.06. The Balaban J connectivity index is 1.41. The van der Waals surface area contributed by atoms with Crippen LogP contribution in [0.2, 0.25) is 0 Å². The molecule has 1 unspecified atom stereocenters. The highest BCUT2D eigenvalue weighted by Gasteiger charge is 2.95. The topological polar surface area (TPSA) is 195 Å². The molecule has 18 atom stereocenters. The number of ketones is 1. The van der Waals surface area contributed by atoms with Crippen molar-refractivity contribution in [2.24, 2.45) is 57.2 Å². The summed E-state index contributed by atoms with van der Waals surface area (Å²) in [6, 6.07) is 0. The Kier molecular flexibility index (Phi) is 6.11. The summed E-state index contributed by atoms with van der Waals surface area (Å²) < 4.78 is 30.0. The van der Waals surface area contributed by atoms with E-state index in [-0.39, 0.29) is 24.7 Å². The number of allylic oxidation sites excluding steroid dienone is 1. The zero-order chi connectivity index (χ0) is 35.0. The fraction of sp³-hybridized carbons (Fsp3) is 0.800. The van der Waals surface area contributed by atoms with E-state index in [2.05, 4.69) is 0 Å². The van der Waals surface area contributed by atoms with Crippen molar-refractivity contribution in [3.63, 3.8) is 0 Å². The molecule has 0 aromatic carbocycles. The van der Waals surface area contributed by atoms with E-state index in [0.717, 1.165) is 0 Å². The summed E-state index contributed by atoms with van der Waals surface area (Å²) in [5.74, 6) is -8.24. The monoisotopic (exact) mass is 672 g/mol. The smallest absolute Gasteiger partial charge is 0.343 e. The van der Waals surface area contributed by atoms with Crippen molar-refractivity contribution < 1.29 is 63.0 Å². The minimum Gasteiger partial charge on any atom is -0.459 e. The highest BCUT2D eigenvalue weighted by Crippen LogP contribution is 2.90. The van der Waals surface area contributed by atoms with Crippen molar-refractivity contribution in [1.82, 2.24) is 0 Å². The van der Waals surface area contributed by atoms with Crippen LogP contribution >= 0.6 is 0 Å². The number of Topliss-reactive ketones (excluding diaryl/α,β-unsaturated/α-hetero) is 1. The van der Waals surface area contributed by atoms with Crippen LogP contribution in [0.4, 0.5) is 0 Å². The van der Waals surface area contributed by atoms with E-state index < -0.39 is 129 Å². The van der Waals surface area contributed by atoms with Crippen LogP contribution in [0.5, 0.6) is 0 Å². The Morgan fingerprint density at radius 2 is 1.54 bits per heavy atom. The van der Waals surface area contributed by atoms with E-state index in [1.165, 1.54) is 27.7 Å². The lowest BCUT2D eigenvalue weighted by Gasteiger charge is -2.67. The fourth-order valence-corrected chi connectivity index (χ4v) is 13.5. The summed E-state index contributed by atoms with van der Waals surface area (Å²) in [6.07, 6.45) is -3.82. The average molecular weight is 673 g/mol. The number of fused-ring (bicyclic) bond motifs is 8. The first-order valence-electron chi connectivity index (χ1n) is 16.9. The highest BCUT2D eigenvalue weighted by atomic mass is 16.6.